The molecule has 0 aromatic rings. The molecule has 0 aromatic carbocycles. The Bertz CT molecular complexity index is 103. The van der Waals surface area contributed by atoms with E-state index in [-0.39, 0.29) is 5.97 Å². The van der Waals surface area contributed by atoms with Crippen molar-refractivity contribution >= 4 is 5.97 Å². The minimum absolute atomic E-state index is 0.347. The van der Waals surface area contributed by atoms with E-state index in [4.69, 9.17) is 10.2 Å². The van der Waals surface area contributed by atoms with Crippen LogP contribution in [0, 0.1) is 0 Å². The number of rotatable bonds is 1. The van der Waals surface area contributed by atoms with Crippen molar-refractivity contribution in [1.82, 2.24) is 0 Å². The third kappa shape index (κ3) is 17.7. The van der Waals surface area contributed by atoms with Crippen molar-refractivity contribution in [2.24, 2.45) is 0 Å². The molecule has 11 heavy (non-hydrogen) atoms. The van der Waals surface area contributed by atoms with Gasteiger partial charge in [0.2, 0.25) is 0 Å². The van der Waals surface area contributed by atoms with E-state index >= 15 is 0 Å². The van der Waals surface area contributed by atoms with Gasteiger partial charge in [0.15, 0.2) is 0 Å². The molecule has 0 aliphatic carbocycles. The Morgan fingerprint density at radius 2 is 1.64 bits per heavy atom. The van der Waals surface area contributed by atoms with E-state index in [2.05, 4.69) is 9.90 Å². The topological polar surface area (TPSA) is 72.4 Å². The van der Waals surface area contributed by atoms with Crippen LogP contribution in [0.2, 0.25) is 0 Å². The molecule has 0 aliphatic rings. The average Bonchev–Trinajstić information content (AvgIpc) is 2.10. The summed E-state index contributed by atoms with van der Waals surface area (Å²) in [6.07, 6.45) is 0. The minimum Gasteiger partial charge on any atom is -0.857 e. The molecule has 0 saturated heterocycles. The quantitative estimate of drug-likeness (QED) is 0.377. The molecule has 0 spiro atoms. The molecule has 0 saturated carbocycles. The summed E-state index contributed by atoms with van der Waals surface area (Å²) in [5.41, 5.74) is 0.433. The zero-order valence-electron chi connectivity index (χ0n) is 6.84. The average molecular weight is 195 g/mol. The molecular formula is C6H11O4Ti. The molecule has 0 unspecified atom stereocenters. The first-order valence-electron chi connectivity index (χ1n) is 2.53. The summed E-state index contributed by atoms with van der Waals surface area (Å²) in [7, 11) is 1.50. The van der Waals surface area contributed by atoms with Gasteiger partial charge in [-0.3, -0.25) is 0 Å². The maximum Gasteiger partial charge on any atom is -0.153 e. The summed E-state index contributed by atoms with van der Waals surface area (Å²) in [6.45, 7) is 4.95. The van der Waals surface area contributed by atoms with Crippen molar-refractivity contribution in [1.29, 1.82) is 0 Å². The molecule has 0 rings (SSSR count). The molecule has 0 heterocycles. The Hall–Kier alpha value is -0.156. The van der Waals surface area contributed by atoms with Gasteiger partial charge in [-0.15, -0.1) is 0 Å². The summed E-state index contributed by atoms with van der Waals surface area (Å²) in [6, 6.07) is 0. The molecule has 0 aliphatic heterocycles. The van der Waals surface area contributed by atoms with E-state index in [1.54, 1.807) is 6.92 Å². The van der Waals surface area contributed by atoms with Crippen LogP contribution in [0.1, 0.15) is 6.92 Å². The minimum atomic E-state index is -0.347. The molecule has 5 heteroatoms. The van der Waals surface area contributed by atoms with E-state index in [0.717, 1.165) is 14.2 Å². The molecular weight excluding hydrogens is 184 g/mol. The van der Waals surface area contributed by atoms with Gasteiger partial charge in [0, 0.05) is 0 Å². The fourth-order valence-corrected chi connectivity index (χ4v) is 0.359. The van der Waals surface area contributed by atoms with Gasteiger partial charge in [0.05, 0.1) is 0 Å². The van der Waals surface area contributed by atoms with Crippen molar-refractivity contribution in [3.05, 3.63) is 12.2 Å². The fraction of sp³-hybridized carbons (Fsp3) is 0.500. The van der Waals surface area contributed by atoms with Crippen LogP contribution in [0.5, 0.6) is 0 Å². The van der Waals surface area contributed by atoms with Crippen LogP contribution in [-0.4, -0.2) is 20.2 Å². The molecule has 63 valence electrons. The normalized spacial score (nSPS) is 6.09. The second-order valence-corrected chi connectivity index (χ2v) is 1.49. The SMILES string of the molecule is C=C(C)C(=O)[O][Ti+2].C[O-].C[O-]. The van der Waals surface area contributed by atoms with Gasteiger partial charge in [0.25, 0.3) is 0 Å². The van der Waals surface area contributed by atoms with Gasteiger partial charge in [-0.05, 0) is 0 Å². The van der Waals surface area contributed by atoms with E-state index in [1.165, 1.54) is 20.8 Å². The van der Waals surface area contributed by atoms with Gasteiger partial charge in [-0.1, -0.05) is 0 Å². The van der Waals surface area contributed by atoms with Gasteiger partial charge in [-0.2, -0.15) is 14.2 Å². The van der Waals surface area contributed by atoms with E-state index in [9.17, 15) is 4.79 Å². The van der Waals surface area contributed by atoms with Crippen molar-refractivity contribution in [2.75, 3.05) is 14.2 Å². The largest absolute Gasteiger partial charge is 0.857 e. The predicted molar refractivity (Wildman–Crippen MR) is 32.8 cm³/mol. The standard InChI is InChI=1S/C4H6O2.2CH3O.Ti/c1-3(2)4(5)6;2*1-2;/h1H2,2H3,(H,5,6);2*1H3;/q;2*-1;+3/p-1. The number of hydrogen-bond donors (Lipinski definition) is 0. The second-order valence-electron chi connectivity index (χ2n) is 1.17. The zero-order valence-corrected chi connectivity index (χ0v) is 8.40. The zero-order chi connectivity index (χ0) is 9.86. The first-order valence-corrected chi connectivity index (χ1v) is 3.17. The van der Waals surface area contributed by atoms with Gasteiger partial charge in [-0.25, -0.2) is 0 Å². The Morgan fingerprint density at radius 3 is 1.64 bits per heavy atom. The van der Waals surface area contributed by atoms with E-state index < -0.39 is 0 Å². The van der Waals surface area contributed by atoms with Gasteiger partial charge in [0.1, 0.15) is 0 Å². The first-order chi connectivity index (χ1) is 5.18. The maximum atomic E-state index is 10.2. The van der Waals surface area contributed by atoms with Crippen LogP contribution in [-0.2, 0) is 28.9 Å². The molecule has 0 fully saturated rings. The monoisotopic (exact) mass is 195 g/mol. The third-order valence-electron chi connectivity index (χ3n) is 0.441. The van der Waals surface area contributed by atoms with Crippen LogP contribution < -0.4 is 10.2 Å². The molecule has 0 atom stereocenters. The van der Waals surface area contributed by atoms with Crippen LogP contribution in [0.15, 0.2) is 12.2 Å². The summed E-state index contributed by atoms with van der Waals surface area (Å²) in [5.74, 6) is -0.347. The van der Waals surface area contributed by atoms with Crippen LogP contribution in [0.4, 0.5) is 0 Å². The molecule has 4 nitrogen and oxygen atoms in total. The van der Waals surface area contributed by atoms with E-state index in [1.807, 2.05) is 0 Å². The Kier molecular flexibility index (Phi) is 25.5. The molecule has 0 bridgehead atoms. The van der Waals surface area contributed by atoms with Gasteiger partial charge < -0.3 is 10.2 Å². The van der Waals surface area contributed by atoms with Crippen LogP contribution in [0.3, 0.4) is 0 Å². The molecule has 0 radical (unpaired) electrons. The van der Waals surface area contributed by atoms with Crippen molar-refractivity contribution in [3.8, 4) is 0 Å². The van der Waals surface area contributed by atoms with E-state index in [0.29, 0.717) is 5.57 Å². The van der Waals surface area contributed by atoms with Crippen LogP contribution >= 0.6 is 0 Å². The molecule has 0 aromatic heterocycles. The van der Waals surface area contributed by atoms with Crippen molar-refractivity contribution in [2.45, 2.75) is 6.92 Å². The third-order valence-corrected chi connectivity index (χ3v) is 0.731. The summed E-state index contributed by atoms with van der Waals surface area (Å²) >= 11 is 1.33. The second kappa shape index (κ2) is 16.4. The van der Waals surface area contributed by atoms with Crippen LogP contribution in [0.25, 0.3) is 0 Å². The number of carbonyl (C=O) groups excluding carboxylic acids is 1. The fourth-order valence-electron chi connectivity index (χ4n) is 0.0871. The first kappa shape index (κ1) is 17.1. The Morgan fingerprint density at radius 1 is 1.36 bits per heavy atom. The molecule has 0 amide bonds. The summed E-state index contributed by atoms with van der Waals surface area (Å²) < 4.78 is 4.27. The summed E-state index contributed by atoms with van der Waals surface area (Å²) in [5, 5.41) is 16.5. The number of carbonyl (C=O) groups is 1. The van der Waals surface area contributed by atoms with Crippen molar-refractivity contribution < 1.29 is 39.1 Å². The maximum absolute atomic E-state index is 10.2. The van der Waals surface area contributed by atoms with Crippen molar-refractivity contribution in [3.63, 3.8) is 0 Å². The summed E-state index contributed by atoms with van der Waals surface area (Å²) in [4.78, 5) is 10.2. The smallest absolute Gasteiger partial charge is 0.153 e. The van der Waals surface area contributed by atoms with Gasteiger partial charge >= 0.3 is 54.0 Å². The number of hydrogen-bond acceptors (Lipinski definition) is 4. The predicted octanol–water partition coefficient (Wildman–Crippen LogP) is -1.48. The molecule has 0 N–H and O–H groups in total. The Labute approximate surface area is 78.8 Å². The Balaban J connectivity index is -0.000000138.